The molecule has 0 aromatic heterocycles. The van der Waals surface area contributed by atoms with Gasteiger partial charge in [-0.1, -0.05) is 17.7 Å². The maximum atomic E-state index is 13.1. The van der Waals surface area contributed by atoms with Crippen molar-refractivity contribution >= 4 is 17.5 Å². The minimum absolute atomic E-state index is 0.180. The number of benzene rings is 1. The molecule has 7 heteroatoms. The maximum Gasteiger partial charge on any atom is 0.483 e. The highest BCUT2D eigenvalue weighted by atomic mass is 35.5. The number of nitrogens with one attached hydrogen (secondary N) is 1. The van der Waals surface area contributed by atoms with Gasteiger partial charge in [0.25, 0.3) is 0 Å². The van der Waals surface area contributed by atoms with Gasteiger partial charge in [-0.3, -0.25) is 10.2 Å². The van der Waals surface area contributed by atoms with Gasteiger partial charge in [-0.15, -0.1) is 0 Å². The SMILES string of the molecule is Cc1ccc(Cl)cc1OC(F)(F)C(=O)NN. The molecule has 0 aliphatic heterocycles. The third-order valence-electron chi connectivity index (χ3n) is 1.78. The number of carbonyl (C=O) groups is 1. The van der Waals surface area contributed by atoms with Crippen molar-refractivity contribution in [1.29, 1.82) is 0 Å². The van der Waals surface area contributed by atoms with Crippen LogP contribution < -0.4 is 16.0 Å². The van der Waals surface area contributed by atoms with Crippen LogP contribution in [0, 0.1) is 6.92 Å². The summed E-state index contributed by atoms with van der Waals surface area (Å²) < 4.78 is 30.4. The topological polar surface area (TPSA) is 64.3 Å². The van der Waals surface area contributed by atoms with Crippen LogP contribution in [0.5, 0.6) is 5.75 Å². The second kappa shape index (κ2) is 4.63. The Morgan fingerprint density at radius 2 is 2.19 bits per heavy atom. The largest absolute Gasteiger partial charge is 0.483 e. The van der Waals surface area contributed by atoms with E-state index in [9.17, 15) is 13.6 Å². The van der Waals surface area contributed by atoms with Crippen LogP contribution >= 0.6 is 11.6 Å². The molecule has 1 aromatic rings. The minimum atomic E-state index is -4.04. The summed E-state index contributed by atoms with van der Waals surface area (Å²) in [5, 5.41) is 0.226. The molecule has 0 spiro atoms. The Morgan fingerprint density at radius 3 is 2.75 bits per heavy atom. The third-order valence-corrected chi connectivity index (χ3v) is 2.02. The van der Waals surface area contributed by atoms with E-state index >= 15 is 0 Å². The molecule has 1 aromatic carbocycles. The summed E-state index contributed by atoms with van der Waals surface area (Å²) in [6.07, 6.45) is -4.04. The zero-order chi connectivity index (χ0) is 12.3. The lowest BCUT2D eigenvalue weighted by Gasteiger charge is -2.17. The molecule has 0 heterocycles. The summed E-state index contributed by atoms with van der Waals surface area (Å²) in [7, 11) is 0. The quantitative estimate of drug-likeness (QED) is 0.487. The van der Waals surface area contributed by atoms with Crippen molar-refractivity contribution in [3.8, 4) is 5.75 Å². The van der Waals surface area contributed by atoms with Gasteiger partial charge < -0.3 is 4.74 Å². The molecule has 0 atom stereocenters. The van der Waals surface area contributed by atoms with Crippen molar-refractivity contribution in [2.45, 2.75) is 13.0 Å². The summed E-state index contributed by atoms with van der Waals surface area (Å²) in [5.74, 6) is 2.68. The second-order valence-electron chi connectivity index (χ2n) is 3.00. The molecule has 0 aliphatic carbocycles. The smallest absolute Gasteiger partial charge is 0.425 e. The van der Waals surface area contributed by atoms with Gasteiger partial charge >= 0.3 is 12.0 Å². The van der Waals surface area contributed by atoms with Crippen molar-refractivity contribution in [3.05, 3.63) is 28.8 Å². The van der Waals surface area contributed by atoms with E-state index in [-0.39, 0.29) is 10.8 Å². The summed E-state index contributed by atoms with van der Waals surface area (Å²) in [6, 6.07) is 4.20. The third kappa shape index (κ3) is 2.80. The number of hydrazine groups is 1. The first-order valence-electron chi connectivity index (χ1n) is 4.21. The summed E-state index contributed by atoms with van der Waals surface area (Å²) in [5.41, 5.74) is 1.74. The number of ether oxygens (including phenoxy) is 1. The number of alkyl halides is 2. The molecule has 3 N–H and O–H groups in total. The zero-order valence-corrected chi connectivity index (χ0v) is 9.02. The van der Waals surface area contributed by atoms with Gasteiger partial charge in [0.05, 0.1) is 0 Å². The van der Waals surface area contributed by atoms with Crippen LogP contribution in [0.2, 0.25) is 5.02 Å². The van der Waals surface area contributed by atoms with E-state index in [0.29, 0.717) is 5.56 Å². The van der Waals surface area contributed by atoms with Crippen molar-refractivity contribution in [1.82, 2.24) is 5.43 Å². The number of amides is 1. The van der Waals surface area contributed by atoms with Gasteiger partial charge in [-0.25, -0.2) is 5.84 Å². The van der Waals surface area contributed by atoms with E-state index in [0.717, 1.165) is 0 Å². The Bertz CT molecular complexity index is 412. The molecule has 0 saturated carbocycles. The molecule has 0 unspecified atom stereocenters. The first-order chi connectivity index (χ1) is 7.36. The molecule has 1 rings (SSSR count). The minimum Gasteiger partial charge on any atom is -0.425 e. The Morgan fingerprint density at radius 1 is 1.56 bits per heavy atom. The Balaban J connectivity index is 2.95. The van der Waals surface area contributed by atoms with Gasteiger partial charge in [0.1, 0.15) is 5.75 Å². The molecule has 0 saturated heterocycles. The average Bonchev–Trinajstić information content (AvgIpc) is 2.22. The molecular weight excluding hydrogens is 242 g/mol. The lowest BCUT2D eigenvalue weighted by molar-refractivity contribution is -0.193. The van der Waals surface area contributed by atoms with Crippen molar-refractivity contribution < 1.29 is 18.3 Å². The predicted octanol–water partition coefficient (Wildman–Crippen LogP) is 1.61. The van der Waals surface area contributed by atoms with E-state index in [2.05, 4.69) is 10.6 Å². The fraction of sp³-hybridized carbons (Fsp3) is 0.222. The van der Waals surface area contributed by atoms with Crippen LogP contribution in [-0.4, -0.2) is 12.0 Å². The van der Waals surface area contributed by atoms with Crippen LogP contribution in [0.3, 0.4) is 0 Å². The molecule has 0 aliphatic rings. The number of hydrogen-bond donors (Lipinski definition) is 2. The number of rotatable bonds is 3. The monoisotopic (exact) mass is 250 g/mol. The van der Waals surface area contributed by atoms with Crippen molar-refractivity contribution in [2.75, 3.05) is 0 Å². The fourth-order valence-corrected chi connectivity index (χ4v) is 1.11. The molecular formula is C9H9ClF2N2O2. The predicted molar refractivity (Wildman–Crippen MR) is 54.1 cm³/mol. The Labute approximate surface area is 95.3 Å². The van der Waals surface area contributed by atoms with Crippen LogP contribution in [0.4, 0.5) is 8.78 Å². The molecule has 88 valence electrons. The van der Waals surface area contributed by atoms with Gasteiger partial charge in [-0.2, -0.15) is 8.78 Å². The number of hydrogen-bond acceptors (Lipinski definition) is 3. The highest BCUT2D eigenvalue weighted by Gasteiger charge is 2.42. The van der Waals surface area contributed by atoms with E-state index in [4.69, 9.17) is 11.6 Å². The highest BCUT2D eigenvalue weighted by molar-refractivity contribution is 6.30. The Hall–Kier alpha value is -1.40. The summed E-state index contributed by atoms with van der Waals surface area (Å²) in [6.45, 7) is 1.54. The molecule has 0 bridgehead atoms. The zero-order valence-electron chi connectivity index (χ0n) is 8.26. The summed E-state index contributed by atoms with van der Waals surface area (Å²) in [4.78, 5) is 10.7. The van der Waals surface area contributed by atoms with Crippen LogP contribution in [0.1, 0.15) is 5.56 Å². The molecule has 0 radical (unpaired) electrons. The normalized spacial score (nSPS) is 11.1. The van der Waals surface area contributed by atoms with E-state index in [1.54, 1.807) is 6.92 Å². The number of aryl methyl sites for hydroxylation is 1. The van der Waals surface area contributed by atoms with E-state index in [1.807, 2.05) is 0 Å². The Kier molecular flexibility index (Phi) is 3.66. The lowest BCUT2D eigenvalue weighted by atomic mass is 10.2. The van der Waals surface area contributed by atoms with E-state index in [1.165, 1.54) is 23.6 Å². The van der Waals surface area contributed by atoms with Gasteiger partial charge in [-0.05, 0) is 24.6 Å². The fourth-order valence-electron chi connectivity index (χ4n) is 0.952. The standard InChI is InChI=1S/C9H9ClF2N2O2/c1-5-2-3-6(10)4-7(5)16-9(11,12)8(15)14-13/h2-4H,13H2,1H3,(H,14,15). The van der Waals surface area contributed by atoms with Gasteiger partial charge in [0, 0.05) is 5.02 Å². The van der Waals surface area contributed by atoms with Crippen LogP contribution in [-0.2, 0) is 4.79 Å². The number of carbonyl (C=O) groups excluding carboxylic acids is 1. The van der Waals surface area contributed by atoms with Crippen molar-refractivity contribution in [3.63, 3.8) is 0 Å². The van der Waals surface area contributed by atoms with Crippen LogP contribution in [0.15, 0.2) is 18.2 Å². The first kappa shape index (κ1) is 12.7. The first-order valence-corrected chi connectivity index (χ1v) is 4.58. The van der Waals surface area contributed by atoms with Crippen LogP contribution in [0.25, 0.3) is 0 Å². The summed E-state index contributed by atoms with van der Waals surface area (Å²) >= 11 is 5.61. The second-order valence-corrected chi connectivity index (χ2v) is 3.44. The van der Waals surface area contributed by atoms with E-state index < -0.39 is 12.0 Å². The van der Waals surface area contributed by atoms with Gasteiger partial charge in [0.2, 0.25) is 0 Å². The number of halogens is 3. The molecule has 1 amide bonds. The molecule has 4 nitrogen and oxygen atoms in total. The highest BCUT2D eigenvalue weighted by Crippen LogP contribution is 2.27. The average molecular weight is 251 g/mol. The molecule has 0 fully saturated rings. The maximum absolute atomic E-state index is 13.1. The number of nitrogens with two attached hydrogens (primary N) is 1. The van der Waals surface area contributed by atoms with Crippen molar-refractivity contribution in [2.24, 2.45) is 5.84 Å². The van der Waals surface area contributed by atoms with Gasteiger partial charge in [0.15, 0.2) is 0 Å². The lowest BCUT2D eigenvalue weighted by Crippen LogP contribution is -2.47. The molecule has 16 heavy (non-hydrogen) atoms.